The van der Waals surface area contributed by atoms with Crippen LogP contribution in [0.4, 0.5) is 0 Å². The SMILES string of the molecule is CCC(=O)N1CCCC(C(C)(C)C)C1. The van der Waals surface area contributed by atoms with Gasteiger partial charge in [0, 0.05) is 19.5 Å². The van der Waals surface area contributed by atoms with Crippen LogP contribution in [-0.2, 0) is 4.79 Å². The number of piperidine rings is 1. The summed E-state index contributed by atoms with van der Waals surface area (Å²) in [6, 6.07) is 0. The lowest BCUT2D eigenvalue weighted by Gasteiger charge is -2.39. The number of rotatable bonds is 1. The predicted octanol–water partition coefficient (Wildman–Crippen LogP) is 2.68. The van der Waals surface area contributed by atoms with E-state index in [2.05, 4.69) is 20.8 Å². The van der Waals surface area contributed by atoms with Crippen LogP contribution in [0.5, 0.6) is 0 Å². The molecule has 14 heavy (non-hydrogen) atoms. The van der Waals surface area contributed by atoms with Crippen molar-refractivity contribution in [1.82, 2.24) is 4.90 Å². The second kappa shape index (κ2) is 4.33. The minimum atomic E-state index is 0.318. The minimum absolute atomic E-state index is 0.318. The summed E-state index contributed by atoms with van der Waals surface area (Å²) in [6.45, 7) is 10.7. The number of amides is 1. The van der Waals surface area contributed by atoms with E-state index in [1.54, 1.807) is 0 Å². The largest absolute Gasteiger partial charge is 0.342 e. The summed E-state index contributed by atoms with van der Waals surface area (Å²) in [4.78, 5) is 13.6. The van der Waals surface area contributed by atoms with Crippen LogP contribution in [0.25, 0.3) is 0 Å². The van der Waals surface area contributed by atoms with Crippen molar-refractivity contribution in [3.63, 3.8) is 0 Å². The molecule has 1 unspecified atom stereocenters. The van der Waals surface area contributed by atoms with Gasteiger partial charge in [0.1, 0.15) is 0 Å². The lowest BCUT2D eigenvalue weighted by atomic mass is 9.76. The molecular formula is C12H23NO. The van der Waals surface area contributed by atoms with E-state index in [1.165, 1.54) is 12.8 Å². The number of carbonyl (C=O) groups is 1. The Morgan fingerprint density at radius 2 is 2.07 bits per heavy atom. The summed E-state index contributed by atoms with van der Waals surface area (Å²) in [5, 5.41) is 0. The highest BCUT2D eigenvalue weighted by Crippen LogP contribution is 2.33. The monoisotopic (exact) mass is 197 g/mol. The van der Waals surface area contributed by atoms with Gasteiger partial charge in [0.05, 0.1) is 0 Å². The summed E-state index contributed by atoms with van der Waals surface area (Å²) in [6.07, 6.45) is 3.10. The fourth-order valence-electron chi connectivity index (χ4n) is 2.13. The molecule has 0 aromatic carbocycles. The maximum absolute atomic E-state index is 11.6. The Morgan fingerprint density at radius 1 is 1.43 bits per heavy atom. The molecule has 0 aromatic rings. The topological polar surface area (TPSA) is 20.3 Å². The fourth-order valence-corrected chi connectivity index (χ4v) is 2.13. The quantitative estimate of drug-likeness (QED) is 0.633. The van der Waals surface area contributed by atoms with Crippen molar-refractivity contribution >= 4 is 5.91 Å². The van der Waals surface area contributed by atoms with Gasteiger partial charge in [-0.2, -0.15) is 0 Å². The molecule has 0 spiro atoms. The Labute approximate surface area is 87.7 Å². The van der Waals surface area contributed by atoms with E-state index in [0.717, 1.165) is 13.1 Å². The molecule has 1 rings (SSSR count). The molecule has 1 amide bonds. The number of nitrogens with zero attached hydrogens (tertiary/aromatic N) is 1. The number of carbonyl (C=O) groups excluding carboxylic acids is 1. The second-order valence-electron chi connectivity index (χ2n) is 5.40. The number of likely N-dealkylation sites (tertiary alicyclic amines) is 1. The van der Waals surface area contributed by atoms with Crippen molar-refractivity contribution in [3.8, 4) is 0 Å². The Morgan fingerprint density at radius 3 is 2.57 bits per heavy atom. The van der Waals surface area contributed by atoms with E-state index in [9.17, 15) is 4.79 Å². The number of hydrogen-bond donors (Lipinski definition) is 0. The maximum Gasteiger partial charge on any atom is 0.222 e. The summed E-state index contributed by atoms with van der Waals surface area (Å²) >= 11 is 0. The molecule has 1 atom stereocenters. The lowest BCUT2D eigenvalue weighted by Crippen LogP contribution is -2.43. The van der Waals surface area contributed by atoms with Gasteiger partial charge >= 0.3 is 0 Å². The van der Waals surface area contributed by atoms with Crippen LogP contribution < -0.4 is 0 Å². The normalized spacial score (nSPS) is 23.7. The average molecular weight is 197 g/mol. The van der Waals surface area contributed by atoms with E-state index >= 15 is 0 Å². The third kappa shape index (κ3) is 2.73. The van der Waals surface area contributed by atoms with Crippen LogP contribution in [-0.4, -0.2) is 23.9 Å². The van der Waals surface area contributed by atoms with Crippen molar-refractivity contribution in [2.75, 3.05) is 13.1 Å². The first kappa shape index (κ1) is 11.5. The van der Waals surface area contributed by atoms with E-state index in [4.69, 9.17) is 0 Å². The zero-order chi connectivity index (χ0) is 10.8. The first-order valence-electron chi connectivity index (χ1n) is 5.73. The highest BCUT2D eigenvalue weighted by Gasteiger charge is 2.30. The molecule has 1 fully saturated rings. The van der Waals surface area contributed by atoms with E-state index in [0.29, 0.717) is 23.7 Å². The van der Waals surface area contributed by atoms with Crippen molar-refractivity contribution < 1.29 is 4.79 Å². The molecule has 2 heteroatoms. The maximum atomic E-state index is 11.6. The van der Waals surface area contributed by atoms with Gasteiger partial charge in [-0.15, -0.1) is 0 Å². The van der Waals surface area contributed by atoms with Gasteiger partial charge in [-0.1, -0.05) is 27.7 Å². The highest BCUT2D eigenvalue weighted by atomic mass is 16.2. The first-order valence-corrected chi connectivity index (χ1v) is 5.73. The van der Waals surface area contributed by atoms with Crippen LogP contribution in [0.3, 0.4) is 0 Å². The standard InChI is InChI=1S/C12H23NO/c1-5-11(14)13-8-6-7-10(9-13)12(2,3)4/h10H,5-9H2,1-4H3. The second-order valence-corrected chi connectivity index (χ2v) is 5.40. The molecular weight excluding hydrogens is 174 g/mol. The number of hydrogen-bond acceptors (Lipinski definition) is 1. The zero-order valence-corrected chi connectivity index (χ0v) is 9.97. The predicted molar refractivity (Wildman–Crippen MR) is 59.1 cm³/mol. The molecule has 0 saturated carbocycles. The molecule has 0 N–H and O–H groups in total. The molecule has 0 radical (unpaired) electrons. The van der Waals surface area contributed by atoms with Gasteiger partial charge < -0.3 is 4.90 Å². The lowest BCUT2D eigenvalue weighted by molar-refractivity contribution is -0.133. The molecule has 0 aromatic heterocycles. The third-order valence-corrected chi connectivity index (χ3v) is 3.30. The van der Waals surface area contributed by atoms with Crippen molar-refractivity contribution in [3.05, 3.63) is 0 Å². The third-order valence-electron chi connectivity index (χ3n) is 3.30. The Hall–Kier alpha value is -0.530. The van der Waals surface area contributed by atoms with Crippen molar-refractivity contribution in [2.45, 2.75) is 47.0 Å². The van der Waals surface area contributed by atoms with Gasteiger partial charge in [0.2, 0.25) is 5.91 Å². The van der Waals surface area contributed by atoms with Gasteiger partial charge in [-0.05, 0) is 24.2 Å². The molecule has 1 aliphatic heterocycles. The van der Waals surface area contributed by atoms with Crippen molar-refractivity contribution in [1.29, 1.82) is 0 Å². The fraction of sp³-hybridized carbons (Fsp3) is 0.917. The minimum Gasteiger partial charge on any atom is -0.342 e. The summed E-state index contributed by atoms with van der Waals surface area (Å²) in [5.74, 6) is 0.991. The molecule has 82 valence electrons. The molecule has 1 saturated heterocycles. The first-order chi connectivity index (χ1) is 6.45. The Bertz CT molecular complexity index is 205. The van der Waals surface area contributed by atoms with Crippen molar-refractivity contribution in [2.24, 2.45) is 11.3 Å². The van der Waals surface area contributed by atoms with Crippen LogP contribution >= 0.6 is 0 Å². The molecule has 1 heterocycles. The summed E-state index contributed by atoms with van der Waals surface area (Å²) in [7, 11) is 0. The van der Waals surface area contributed by atoms with Gasteiger partial charge in [-0.3, -0.25) is 4.79 Å². The summed E-state index contributed by atoms with van der Waals surface area (Å²) < 4.78 is 0. The van der Waals surface area contributed by atoms with E-state index in [1.807, 2.05) is 11.8 Å². The van der Waals surface area contributed by atoms with Crippen LogP contribution in [0.15, 0.2) is 0 Å². The molecule has 1 aliphatic rings. The van der Waals surface area contributed by atoms with Crippen LogP contribution in [0.1, 0.15) is 47.0 Å². The smallest absolute Gasteiger partial charge is 0.222 e. The van der Waals surface area contributed by atoms with Crippen LogP contribution in [0, 0.1) is 11.3 Å². The molecule has 0 bridgehead atoms. The van der Waals surface area contributed by atoms with Gasteiger partial charge in [0.25, 0.3) is 0 Å². The van der Waals surface area contributed by atoms with Gasteiger partial charge in [-0.25, -0.2) is 0 Å². The Kier molecular flexibility index (Phi) is 3.57. The van der Waals surface area contributed by atoms with E-state index < -0.39 is 0 Å². The zero-order valence-electron chi connectivity index (χ0n) is 9.97. The Balaban J connectivity index is 2.56. The molecule has 0 aliphatic carbocycles. The average Bonchev–Trinajstić information content (AvgIpc) is 2.15. The van der Waals surface area contributed by atoms with Gasteiger partial charge in [0.15, 0.2) is 0 Å². The van der Waals surface area contributed by atoms with Crippen LogP contribution in [0.2, 0.25) is 0 Å². The summed E-state index contributed by atoms with van der Waals surface area (Å²) in [5.41, 5.74) is 0.340. The highest BCUT2D eigenvalue weighted by molar-refractivity contribution is 5.75. The van der Waals surface area contributed by atoms with E-state index in [-0.39, 0.29) is 0 Å². The molecule has 2 nitrogen and oxygen atoms in total.